The van der Waals surface area contributed by atoms with Crippen LogP contribution in [0, 0.1) is 11.8 Å². The number of nitrogens with one attached hydrogen (secondary N) is 2. The monoisotopic (exact) mass is 566 g/mol. The smallest absolute Gasteiger partial charge is 0.331 e. The minimum atomic E-state index is -0.776. The maximum Gasteiger partial charge on any atom is 0.331 e. The second kappa shape index (κ2) is 12.1. The van der Waals surface area contributed by atoms with Gasteiger partial charge in [0.05, 0.1) is 23.3 Å². The fourth-order valence-electron chi connectivity index (χ4n) is 6.18. The molecule has 40 heavy (non-hydrogen) atoms. The second-order valence-electron chi connectivity index (χ2n) is 13.2. The van der Waals surface area contributed by atoms with Gasteiger partial charge in [0.1, 0.15) is 5.60 Å². The molecule has 2 aromatic rings. The van der Waals surface area contributed by atoms with E-state index in [0.717, 1.165) is 36.0 Å². The number of nitrogens with zero attached hydrogens (tertiary/aromatic N) is 2. The van der Waals surface area contributed by atoms with Gasteiger partial charge in [-0.3, -0.25) is 9.88 Å². The molecule has 7 nitrogen and oxygen atoms in total. The van der Waals surface area contributed by atoms with Crippen molar-refractivity contribution in [1.82, 2.24) is 20.5 Å². The Kier molecular flexibility index (Phi) is 9.22. The van der Waals surface area contributed by atoms with Gasteiger partial charge >= 0.3 is 5.97 Å². The van der Waals surface area contributed by atoms with Crippen LogP contribution in [0.15, 0.2) is 49.2 Å². The first-order valence-corrected chi connectivity index (χ1v) is 14.8. The van der Waals surface area contributed by atoms with Gasteiger partial charge < -0.3 is 20.1 Å². The minimum absolute atomic E-state index is 0.0976. The Hall–Kier alpha value is -2.55. The fourth-order valence-corrected chi connectivity index (χ4v) is 6.43. The number of ether oxygens (including phenoxy) is 2. The zero-order valence-electron chi connectivity index (χ0n) is 25.1. The topological polar surface area (TPSA) is 75.7 Å². The molecule has 4 heterocycles. The second-order valence-corrected chi connectivity index (χ2v) is 13.6. The third-order valence-corrected chi connectivity index (χ3v) is 8.04. The molecule has 0 spiro atoms. The van der Waals surface area contributed by atoms with Crippen LogP contribution < -0.4 is 10.6 Å². The molecule has 2 bridgehead atoms. The molecule has 2 N–H and O–H groups in total. The van der Waals surface area contributed by atoms with Crippen molar-refractivity contribution in [3.8, 4) is 0 Å². The lowest BCUT2D eigenvalue weighted by atomic mass is 9.73. The summed E-state index contributed by atoms with van der Waals surface area (Å²) in [6.45, 7) is 19.5. The number of aromatic nitrogens is 1. The van der Waals surface area contributed by atoms with Crippen molar-refractivity contribution in [2.24, 2.45) is 11.8 Å². The molecule has 7 atom stereocenters. The summed E-state index contributed by atoms with van der Waals surface area (Å²) in [6.07, 6.45) is 5.74. The van der Waals surface area contributed by atoms with Gasteiger partial charge in [-0.25, -0.2) is 4.79 Å². The number of carbonyl (C=O) groups excluding carboxylic acids is 1. The summed E-state index contributed by atoms with van der Waals surface area (Å²) in [6, 6.07) is 9.67. The van der Waals surface area contributed by atoms with Crippen molar-refractivity contribution >= 4 is 34.2 Å². The first-order valence-electron chi connectivity index (χ1n) is 14.4. The van der Waals surface area contributed by atoms with Crippen LogP contribution in [0.5, 0.6) is 0 Å². The average molecular weight is 567 g/mol. The van der Waals surface area contributed by atoms with Gasteiger partial charge in [0.15, 0.2) is 11.2 Å². The van der Waals surface area contributed by atoms with Crippen molar-refractivity contribution in [2.45, 2.75) is 96.7 Å². The maximum atomic E-state index is 13.3. The molecule has 3 fully saturated rings. The summed E-state index contributed by atoms with van der Waals surface area (Å²) >= 11 is 5.92. The van der Waals surface area contributed by atoms with Crippen LogP contribution in [0.4, 0.5) is 0 Å². The number of benzene rings is 1. The van der Waals surface area contributed by atoms with E-state index in [-0.39, 0.29) is 12.1 Å². The lowest BCUT2D eigenvalue weighted by Gasteiger charge is -2.52. The van der Waals surface area contributed by atoms with Crippen LogP contribution in [0.2, 0.25) is 0 Å². The van der Waals surface area contributed by atoms with Crippen LogP contribution in [0.1, 0.15) is 72.9 Å². The van der Waals surface area contributed by atoms with Gasteiger partial charge in [0.2, 0.25) is 0 Å². The molecule has 1 aromatic heterocycles. The largest absolute Gasteiger partial charge is 0.458 e. The van der Waals surface area contributed by atoms with Gasteiger partial charge in [0, 0.05) is 24.2 Å². The Morgan fingerprint density at radius 1 is 1.15 bits per heavy atom. The van der Waals surface area contributed by atoms with Crippen LogP contribution >= 0.6 is 12.2 Å². The molecule has 1 aromatic carbocycles. The molecular weight excluding hydrogens is 520 g/mol. The molecule has 5 rings (SSSR count). The van der Waals surface area contributed by atoms with Crippen LogP contribution in [-0.2, 0) is 14.3 Å². The number of pyridine rings is 1. The summed E-state index contributed by atoms with van der Waals surface area (Å²) in [7, 11) is 0. The maximum absolute atomic E-state index is 13.3. The number of esters is 1. The van der Waals surface area contributed by atoms with Gasteiger partial charge in [-0.1, -0.05) is 24.3 Å². The lowest BCUT2D eigenvalue weighted by molar-refractivity contribution is -0.163. The summed E-state index contributed by atoms with van der Waals surface area (Å²) in [5.41, 5.74) is 1.02. The van der Waals surface area contributed by atoms with Gasteiger partial charge in [0.25, 0.3) is 0 Å². The number of piperidine rings is 3. The molecule has 1 unspecified atom stereocenters. The number of hydrogen-bond donors (Lipinski definition) is 2. The number of thiocarbonyl (C=S) groups is 1. The molecule has 8 heteroatoms. The predicted octanol–water partition coefficient (Wildman–Crippen LogP) is 5.55. The van der Waals surface area contributed by atoms with Crippen molar-refractivity contribution in [3.05, 3.63) is 54.7 Å². The predicted molar refractivity (Wildman–Crippen MR) is 165 cm³/mol. The van der Waals surface area contributed by atoms with E-state index in [9.17, 15) is 4.79 Å². The molecule has 3 aliphatic rings. The van der Waals surface area contributed by atoms with Gasteiger partial charge in [-0.2, -0.15) is 0 Å². The Labute approximate surface area is 245 Å². The van der Waals surface area contributed by atoms with E-state index in [1.807, 2.05) is 72.9 Å². The first kappa shape index (κ1) is 30.4. The third-order valence-electron chi connectivity index (χ3n) is 7.80. The van der Waals surface area contributed by atoms with Gasteiger partial charge in [-0.15, -0.1) is 6.58 Å². The Bertz CT molecular complexity index is 1220. The number of fused-ring (bicyclic) bond motifs is 4. The van der Waals surface area contributed by atoms with E-state index in [0.29, 0.717) is 16.9 Å². The third kappa shape index (κ3) is 7.39. The highest BCUT2D eigenvalue weighted by molar-refractivity contribution is 7.80. The molecule has 3 saturated heterocycles. The molecular formula is C32H46N4O3S. The zero-order valence-corrected chi connectivity index (χ0v) is 25.9. The highest BCUT2D eigenvalue weighted by Gasteiger charge is 2.43. The van der Waals surface area contributed by atoms with Crippen LogP contribution in [0.3, 0.4) is 0 Å². The Morgan fingerprint density at radius 2 is 1.88 bits per heavy atom. The van der Waals surface area contributed by atoms with Crippen molar-refractivity contribution in [2.75, 3.05) is 13.1 Å². The summed E-state index contributed by atoms with van der Waals surface area (Å²) in [4.78, 5) is 20.5. The number of hydrogen-bond acceptors (Lipinski definition) is 6. The Balaban J connectivity index is 1.64. The Morgan fingerprint density at radius 3 is 2.50 bits per heavy atom. The molecule has 218 valence electrons. The van der Waals surface area contributed by atoms with Gasteiger partial charge in [-0.05, 0) is 110 Å². The fraction of sp³-hybridized carbons (Fsp3) is 0.594. The highest BCUT2D eigenvalue weighted by atomic mass is 32.1. The molecule has 0 radical (unpaired) electrons. The highest BCUT2D eigenvalue weighted by Crippen LogP contribution is 2.42. The molecule has 0 amide bonds. The SMILES string of the molecule is C=C[C@H]1CN2CC[C@H]1C[C@H]2[C@@H](NC(=S)N[C@H](C(=O)OC(C)(C)C)[C@@H](C)OC(C)(C)C)c1ccnc2ccccc12. The number of rotatable bonds is 8. The number of carbonyl (C=O) groups is 1. The zero-order chi connectivity index (χ0) is 29.2. The average Bonchev–Trinajstić information content (AvgIpc) is 2.88. The van der Waals surface area contributed by atoms with E-state index in [4.69, 9.17) is 21.7 Å². The van der Waals surface area contributed by atoms with Crippen molar-refractivity contribution in [3.63, 3.8) is 0 Å². The lowest BCUT2D eigenvalue weighted by Crippen LogP contribution is -2.60. The minimum Gasteiger partial charge on any atom is -0.458 e. The van der Waals surface area contributed by atoms with E-state index in [1.165, 1.54) is 6.42 Å². The van der Waals surface area contributed by atoms with Crippen LogP contribution in [-0.4, -0.2) is 63.4 Å². The number of para-hydroxylation sites is 1. The first-order chi connectivity index (χ1) is 18.8. The van der Waals surface area contributed by atoms with Crippen LogP contribution in [0.25, 0.3) is 10.9 Å². The molecule has 3 aliphatic heterocycles. The van der Waals surface area contributed by atoms with Crippen molar-refractivity contribution < 1.29 is 14.3 Å². The molecule has 0 saturated carbocycles. The van der Waals surface area contributed by atoms with E-state index in [1.54, 1.807) is 0 Å². The summed E-state index contributed by atoms with van der Waals surface area (Å²) in [5.74, 6) is 0.714. The van der Waals surface area contributed by atoms with E-state index < -0.39 is 29.3 Å². The molecule has 0 aliphatic carbocycles. The van der Waals surface area contributed by atoms with E-state index in [2.05, 4.69) is 45.3 Å². The normalized spacial score (nSPS) is 25.1. The quantitative estimate of drug-likeness (QED) is 0.245. The standard InChI is InChI=1S/C32H46N4O3S/c1-9-21-19-36-17-15-22(21)18-26(36)28(24-14-16-33-25-13-11-10-12-23(24)25)35-30(40)34-27(20(2)38-31(3,4)5)29(37)39-32(6,7)8/h9-14,16,20-22,26-28H,1,15,17-19H2,2-8H3,(H2,34,35,40)/t20-,21+,22+,26+,27+,28+/m1/s1. The summed E-state index contributed by atoms with van der Waals surface area (Å²) < 4.78 is 12.0. The van der Waals surface area contributed by atoms with Crippen molar-refractivity contribution in [1.29, 1.82) is 0 Å². The van der Waals surface area contributed by atoms with E-state index >= 15 is 0 Å². The summed E-state index contributed by atoms with van der Waals surface area (Å²) in [5, 5.41) is 8.42.